The van der Waals surface area contributed by atoms with Crippen LogP contribution in [0.5, 0.6) is 0 Å². The van der Waals surface area contributed by atoms with Crippen molar-refractivity contribution >= 4 is 5.97 Å². The van der Waals surface area contributed by atoms with Crippen molar-refractivity contribution in [2.75, 3.05) is 0 Å². The number of aliphatic carboxylic acids is 1. The molecule has 6 nitrogen and oxygen atoms in total. The molecule has 0 aliphatic heterocycles. The Morgan fingerprint density at radius 3 is 2.64 bits per heavy atom. The van der Waals surface area contributed by atoms with Crippen LogP contribution in [0.4, 0.5) is 0 Å². The highest BCUT2D eigenvalue weighted by Crippen LogP contribution is 2.23. The third kappa shape index (κ3) is 1.89. The van der Waals surface area contributed by atoms with Crippen molar-refractivity contribution < 1.29 is 9.90 Å². The molecule has 1 atom stereocenters. The van der Waals surface area contributed by atoms with Gasteiger partial charge in [0.15, 0.2) is 0 Å². The molecule has 0 aromatic carbocycles. The number of rotatable bonds is 4. The van der Waals surface area contributed by atoms with Gasteiger partial charge in [0, 0.05) is 0 Å². The SMILES string of the molecule is CCC(C)(Cn1nnnc1C)C(=O)O. The molecular formula is C8H14N4O2. The largest absolute Gasteiger partial charge is 0.481 e. The standard InChI is InChI=1S/C8H14N4O2/c1-4-8(3,7(13)14)5-12-6(2)9-10-11-12/h4-5H2,1-3H3,(H,13,14). The van der Waals surface area contributed by atoms with Crippen LogP contribution in [-0.4, -0.2) is 31.3 Å². The van der Waals surface area contributed by atoms with E-state index in [2.05, 4.69) is 15.5 Å². The molecule has 14 heavy (non-hydrogen) atoms. The summed E-state index contributed by atoms with van der Waals surface area (Å²) < 4.78 is 1.51. The van der Waals surface area contributed by atoms with Gasteiger partial charge in [-0.1, -0.05) is 6.92 Å². The molecule has 78 valence electrons. The normalized spacial score (nSPS) is 15.1. The molecule has 0 spiro atoms. The zero-order valence-corrected chi connectivity index (χ0v) is 8.56. The van der Waals surface area contributed by atoms with E-state index in [1.165, 1.54) is 4.68 Å². The molecular weight excluding hydrogens is 184 g/mol. The fraction of sp³-hybridized carbons (Fsp3) is 0.750. The van der Waals surface area contributed by atoms with E-state index >= 15 is 0 Å². The summed E-state index contributed by atoms with van der Waals surface area (Å²) in [5.74, 6) is -0.194. The van der Waals surface area contributed by atoms with E-state index in [-0.39, 0.29) is 0 Å². The first-order valence-electron chi connectivity index (χ1n) is 4.46. The van der Waals surface area contributed by atoms with Crippen molar-refractivity contribution in [1.29, 1.82) is 0 Å². The number of carboxylic acids is 1. The third-order valence-corrected chi connectivity index (χ3v) is 2.51. The van der Waals surface area contributed by atoms with Gasteiger partial charge in [0.2, 0.25) is 0 Å². The molecule has 6 heteroatoms. The Kier molecular flexibility index (Phi) is 2.83. The summed E-state index contributed by atoms with van der Waals surface area (Å²) in [6.45, 7) is 5.58. The quantitative estimate of drug-likeness (QED) is 0.761. The minimum atomic E-state index is -0.824. The van der Waals surface area contributed by atoms with E-state index in [4.69, 9.17) is 5.11 Å². The van der Waals surface area contributed by atoms with E-state index in [0.717, 1.165) is 0 Å². The molecule has 0 saturated carbocycles. The predicted molar refractivity (Wildman–Crippen MR) is 48.6 cm³/mol. The maximum atomic E-state index is 11.0. The van der Waals surface area contributed by atoms with E-state index in [1.807, 2.05) is 6.92 Å². The van der Waals surface area contributed by atoms with Gasteiger partial charge in [-0.15, -0.1) is 5.10 Å². The van der Waals surface area contributed by atoms with Gasteiger partial charge < -0.3 is 5.11 Å². The van der Waals surface area contributed by atoms with Crippen molar-refractivity contribution in [2.24, 2.45) is 5.41 Å². The minimum Gasteiger partial charge on any atom is -0.481 e. The molecule has 0 saturated heterocycles. The predicted octanol–water partition coefficient (Wildman–Crippen LogP) is 0.482. The van der Waals surface area contributed by atoms with Crippen LogP contribution >= 0.6 is 0 Å². The lowest BCUT2D eigenvalue weighted by atomic mass is 9.88. The zero-order chi connectivity index (χ0) is 10.8. The Balaban J connectivity index is 2.86. The summed E-state index contributed by atoms with van der Waals surface area (Å²) in [4.78, 5) is 11.0. The molecule has 0 amide bonds. The third-order valence-electron chi connectivity index (χ3n) is 2.51. The topological polar surface area (TPSA) is 80.9 Å². The second-order valence-electron chi connectivity index (χ2n) is 3.60. The Morgan fingerprint density at radius 2 is 2.29 bits per heavy atom. The highest BCUT2D eigenvalue weighted by molar-refractivity contribution is 5.73. The van der Waals surface area contributed by atoms with Crippen LogP contribution in [0.25, 0.3) is 0 Å². The zero-order valence-electron chi connectivity index (χ0n) is 8.56. The van der Waals surface area contributed by atoms with E-state index in [0.29, 0.717) is 18.8 Å². The Hall–Kier alpha value is -1.46. The average Bonchev–Trinajstić information content (AvgIpc) is 2.51. The number of tetrazole rings is 1. The number of carbonyl (C=O) groups is 1. The van der Waals surface area contributed by atoms with Crippen molar-refractivity contribution in [3.8, 4) is 0 Å². The number of nitrogens with zero attached hydrogens (tertiary/aromatic N) is 4. The van der Waals surface area contributed by atoms with Gasteiger partial charge in [0.1, 0.15) is 5.82 Å². The van der Waals surface area contributed by atoms with Gasteiger partial charge >= 0.3 is 5.97 Å². The number of aryl methyl sites for hydroxylation is 1. The first-order chi connectivity index (χ1) is 6.49. The molecule has 0 aliphatic rings. The van der Waals surface area contributed by atoms with Crippen LogP contribution in [0.15, 0.2) is 0 Å². The molecule has 1 aromatic heterocycles. The Bertz CT molecular complexity index is 336. The second-order valence-corrected chi connectivity index (χ2v) is 3.60. The number of hydrogen-bond acceptors (Lipinski definition) is 4. The number of carboxylic acid groups (broad SMARTS) is 1. The highest BCUT2D eigenvalue weighted by atomic mass is 16.4. The van der Waals surface area contributed by atoms with Gasteiger partial charge in [-0.3, -0.25) is 4.79 Å². The van der Waals surface area contributed by atoms with Crippen LogP contribution in [0.2, 0.25) is 0 Å². The first kappa shape index (κ1) is 10.6. The molecule has 0 bridgehead atoms. The average molecular weight is 198 g/mol. The summed E-state index contributed by atoms with van der Waals surface area (Å²) in [7, 11) is 0. The van der Waals surface area contributed by atoms with E-state index < -0.39 is 11.4 Å². The summed E-state index contributed by atoms with van der Waals surface area (Å²) in [5, 5.41) is 19.9. The van der Waals surface area contributed by atoms with Crippen LogP contribution in [-0.2, 0) is 11.3 Å². The van der Waals surface area contributed by atoms with Crippen LogP contribution in [0.3, 0.4) is 0 Å². The molecule has 1 heterocycles. The molecule has 0 fully saturated rings. The van der Waals surface area contributed by atoms with Crippen molar-refractivity contribution in [2.45, 2.75) is 33.7 Å². The maximum absolute atomic E-state index is 11.0. The Morgan fingerprint density at radius 1 is 1.64 bits per heavy atom. The van der Waals surface area contributed by atoms with Gasteiger partial charge in [0.05, 0.1) is 12.0 Å². The van der Waals surface area contributed by atoms with Gasteiger partial charge in [-0.05, 0) is 30.7 Å². The van der Waals surface area contributed by atoms with Gasteiger partial charge in [0.25, 0.3) is 0 Å². The lowest BCUT2D eigenvalue weighted by molar-refractivity contribution is -0.149. The van der Waals surface area contributed by atoms with Gasteiger partial charge in [-0.2, -0.15) is 0 Å². The molecule has 1 aromatic rings. The first-order valence-corrected chi connectivity index (χ1v) is 4.46. The second kappa shape index (κ2) is 3.73. The van der Waals surface area contributed by atoms with Gasteiger partial charge in [-0.25, -0.2) is 4.68 Å². The fourth-order valence-corrected chi connectivity index (χ4v) is 1.06. The molecule has 1 N–H and O–H groups in total. The lowest BCUT2D eigenvalue weighted by Gasteiger charge is -2.22. The molecule has 0 aliphatic carbocycles. The summed E-state index contributed by atoms with van der Waals surface area (Å²) in [6.07, 6.45) is 0.543. The number of hydrogen-bond donors (Lipinski definition) is 1. The van der Waals surface area contributed by atoms with Crippen LogP contribution < -0.4 is 0 Å². The summed E-state index contributed by atoms with van der Waals surface area (Å²) in [6, 6.07) is 0. The van der Waals surface area contributed by atoms with Crippen LogP contribution in [0.1, 0.15) is 26.1 Å². The molecule has 0 radical (unpaired) electrons. The minimum absolute atomic E-state index is 0.303. The lowest BCUT2D eigenvalue weighted by Crippen LogP contribution is -2.32. The van der Waals surface area contributed by atoms with E-state index in [9.17, 15) is 4.79 Å². The van der Waals surface area contributed by atoms with Crippen molar-refractivity contribution in [1.82, 2.24) is 20.2 Å². The van der Waals surface area contributed by atoms with Crippen LogP contribution in [0, 0.1) is 12.3 Å². The highest BCUT2D eigenvalue weighted by Gasteiger charge is 2.32. The smallest absolute Gasteiger partial charge is 0.311 e. The maximum Gasteiger partial charge on any atom is 0.311 e. The molecule has 1 rings (SSSR count). The summed E-state index contributed by atoms with van der Waals surface area (Å²) in [5.41, 5.74) is -0.805. The fourth-order valence-electron chi connectivity index (χ4n) is 1.06. The van der Waals surface area contributed by atoms with Crippen molar-refractivity contribution in [3.05, 3.63) is 5.82 Å². The number of aromatic nitrogens is 4. The van der Waals surface area contributed by atoms with E-state index in [1.54, 1.807) is 13.8 Å². The summed E-state index contributed by atoms with van der Waals surface area (Å²) >= 11 is 0. The molecule has 1 unspecified atom stereocenters. The van der Waals surface area contributed by atoms with Crippen molar-refractivity contribution in [3.63, 3.8) is 0 Å². The monoisotopic (exact) mass is 198 g/mol. The Labute approximate surface area is 81.9 Å².